The molecule has 1 N–H and O–H groups in total. The van der Waals surface area contributed by atoms with Crippen molar-refractivity contribution in [3.05, 3.63) is 53.0 Å². The van der Waals surface area contributed by atoms with Crippen LogP contribution in [-0.4, -0.2) is 54.0 Å². The number of nitrogens with zero attached hydrogens (tertiary/aromatic N) is 3. The molecule has 10 heteroatoms. The summed E-state index contributed by atoms with van der Waals surface area (Å²) >= 11 is 1.52. The van der Waals surface area contributed by atoms with Gasteiger partial charge in [0.15, 0.2) is 17.3 Å². The highest BCUT2D eigenvalue weighted by Crippen LogP contribution is 2.39. The number of carbonyl (C=O) groups is 1. The molecular weight excluding hydrogens is 480 g/mol. The normalized spacial score (nSPS) is 10.9. The summed E-state index contributed by atoms with van der Waals surface area (Å²) in [6, 6.07) is 11.0. The Kier molecular flexibility index (Phi) is 8.27. The predicted molar refractivity (Wildman–Crippen MR) is 139 cm³/mol. The van der Waals surface area contributed by atoms with E-state index in [-0.39, 0.29) is 5.91 Å². The number of benzene rings is 2. The topological polar surface area (TPSA) is 96.2 Å². The summed E-state index contributed by atoms with van der Waals surface area (Å²) in [5.41, 5.74) is 2.33. The molecule has 0 bridgehead atoms. The molecule has 2 aromatic heterocycles. The molecule has 2 heterocycles. The molecular formula is C26H30N4O5S. The fourth-order valence-electron chi connectivity index (χ4n) is 3.68. The van der Waals surface area contributed by atoms with Crippen LogP contribution in [0.25, 0.3) is 16.3 Å². The maximum Gasteiger partial charge on any atom is 0.251 e. The number of rotatable bonds is 12. The second kappa shape index (κ2) is 11.8. The molecule has 0 aliphatic heterocycles. The molecule has 0 radical (unpaired) electrons. The van der Waals surface area contributed by atoms with Gasteiger partial charge in [-0.2, -0.15) is 4.98 Å². The van der Waals surface area contributed by atoms with E-state index in [9.17, 15) is 4.79 Å². The van der Waals surface area contributed by atoms with Crippen LogP contribution in [0, 0.1) is 0 Å². The fourth-order valence-corrected chi connectivity index (χ4v) is 4.54. The molecule has 36 heavy (non-hydrogen) atoms. The van der Waals surface area contributed by atoms with Crippen LogP contribution in [0.15, 0.2) is 41.8 Å². The molecule has 1 amide bonds. The molecule has 2 aromatic carbocycles. The number of aromatic nitrogens is 3. The van der Waals surface area contributed by atoms with Gasteiger partial charge >= 0.3 is 0 Å². The summed E-state index contributed by atoms with van der Waals surface area (Å²) in [6.07, 6.45) is 0.602. The summed E-state index contributed by atoms with van der Waals surface area (Å²) in [6.45, 7) is 7.45. The summed E-state index contributed by atoms with van der Waals surface area (Å²) in [5.74, 6) is 2.70. The smallest absolute Gasteiger partial charge is 0.251 e. The van der Waals surface area contributed by atoms with Crippen molar-refractivity contribution < 1.29 is 23.7 Å². The number of amides is 1. The van der Waals surface area contributed by atoms with E-state index in [4.69, 9.17) is 18.9 Å². The molecule has 0 saturated carbocycles. The SMILES string of the molecule is CCOc1cc(C(=O)NCCc2csc3nc(-c4ccc(OC)cc4)nn23)cc(OCC)c1OCC. The Bertz CT molecular complexity index is 1290. The van der Waals surface area contributed by atoms with E-state index in [1.54, 1.807) is 19.2 Å². The molecule has 0 atom stereocenters. The molecule has 0 fully saturated rings. The summed E-state index contributed by atoms with van der Waals surface area (Å²) in [4.78, 5) is 18.4. The first-order chi connectivity index (χ1) is 17.6. The lowest BCUT2D eigenvalue weighted by atomic mass is 10.1. The Morgan fingerprint density at radius 2 is 1.67 bits per heavy atom. The Balaban J connectivity index is 1.46. The van der Waals surface area contributed by atoms with Gasteiger partial charge < -0.3 is 24.3 Å². The Morgan fingerprint density at radius 1 is 1.00 bits per heavy atom. The van der Waals surface area contributed by atoms with Gasteiger partial charge in [-0.25, -0.2) is 4.52 Å². The van der Waals surface area contributed by atoms with E-state index >= 15 is 0 Å². The van der Waals surface area contributed by atoms with Crippen molar-refractivity contribution in [1.29, 1.82) is 0 Å². The molecule has 0 aliphatic carbocycles. The van der Waals surface area contributed by atoms with Crippen LogP contribution in [0.3, 0.4) is 0 Å². The molecule has 9 nitrogen and oxygen atoms in total. The van der Waals surface area contributed by atoms with Gasteiger partial charge in [-0.15, -0.1) is 16.4 Å². The highest BCUT2D eigenvalue weighted by atomic mass is 32.1. The summed E-state index contributed by atoms with van der Waals surface area (Å²) < 4.78 is 24.2. The Labute approximate surface area is 214 Å². The highest BCUT2D eigenvalue weighted by molar-refractivity contribution is 7.15. The van der Waals surface area contributed by atoms with Crippen molar-refractivity contribution in [2.24, 2.45) is 0 Å². The standard InChI is InChI=1S/C26H30N4O5S/c1-5-33-21-14-18(15-22(34-6-2)23(21)35-7-3)25(31)27-13-12-19-16-36-26-28-24(29-30(19)26)17-8-10-20(32-4)11-9-17/h8-11,14-16H,5-7,12-13H2,1-4H3,(H,27,31). The molecule has 0 saturated heterocycles. The minimum Gasteiger partial charge on any atom is -0.497 e. The van der Waals surface area contributed by atoms with Gasteiger partial charge in [-0.05, 0) is 57.2 Å². The van der Waals surface area contributed by atoms with Gasteiger partial charge in [0.25, 0.3) is 5.91 Å². The number of methoxy groups -OCH3 is 1. The van der Waals surface area contributed by atoms with Gasteiger partial charge in [0.2, 0.25) is 10.7 Å². The minimum atomic E-state index is -0.219. The lowest BCUT2D eigenvalue weighted by Crippen LogP contribution is -2.26. The number of hydrogen-bond acceptors (Lipinski definition) is 8. The first-order valence-electron chi connectivity index (χ1n) is 11.9. The van der Waals surface area contributed by atoms with Gasteiger partial charge in [-0.1, -0.05) is 0 Å². The van der Waals surface area contributed by atoms with Crippen LogP contribution >= 0.6 is 11.3 Å². The van der Waals surface area contributed by atoms with Crippen molar-refractivity contribution >= 4 is 22.2 Å². The number of ether oxygens (including phenoxy) is 4. The van der Waals surface area contributed by atoms with Crippen LogP contribution in [-0.2, 0) is 6.42 Å². The lowest BCUT2D eigenvalue weighted by molar-refractivity contribution is 0.0953. The highest BCUT2D eigenvalue weighted by Gasteiger charge is 2.19. The third-order valence-corrected chi connectivity index (χ3v) is 6.20. The van der Waals surface area contributed by atoms with Crippen molar-refractivity contribution in [3.8, 4) is 34.4 Å². The van der Waals surface area contributed by atoms with Gasteiger partial charge in [0.1, 0.15) is 5.75 Å². The largest absolute Gasteiger partial charge is 0.497 e. The van der Waals surface area contributed by atoms with Gasteiger partial charge in [0, 0.05) is 29.5 Å². The third-order valence-electron chi connectivity index (χ3n) is 5.34. The van der Waals surface area contributed by atoms with Crippen molar-refractivity contribution in [3.63, 3.8) is 0 Å². The number of thiazole rings is 1. The second-order valence-electron chi connectivity index (χ2n) is 7.69. The second-order valence-corrected chi connectivity index (χ2v) is 8.53. The zero-order valence-electron chi connectivity index (χ0n) is 20.9. The zero-order valence-corrected chi connectivity index (χ0v) is 21.7. The van der Waals surface area contributed by atoms with Crippen molar-refractivity contribution in [2.75, 3.05) is 33.5 Å². The van der Waals surface area contributed by atoms with E-state index in [1.165, 1.54) is 11.3 Å². The third kappa shape index (κ3) is 5.54. The number of fused-ring (bicyclic) bond motifs is 1. The van der Waals surface area contributed by atoms with Crippen LogP contribution < -0.4 is 24.3 Å². The van der Waals surface area contributed by atoms with E-state index in [2.05, 4.69) is 15.4 Å². The fraction of sp³-hybridized carbons (Fsp3) is 0.346. The average Bonchev–Trinajstić information content (AvgIpc) is 3.48. The zero-order chi connectivity index (χ0) is 25.5. The van der Waals surface area contributed by atoms with Gasteiger partial charge in [0.05, 0.1) is 32.6 Å². The van der Waals surface area contributed by atoms with Crippen LogP contribution in [0.4, 0.5) is 0 Å². The van der Waals surface area contributed by atoms with E-state index in [0.29, 0.717) is 61.4 Å². The molecule has 0 unspecified atom stereocenters. The van der Waals surface area contributed by atoms with E-state index in [1.807, 2.05) is 54.9 Å². The van der Waals surface area contributed by atoms with Crippen LogP contribution in [0.5, 0.6) is 23.0 Å². The summed E-state index contributed by atoms with van der Waals surface area (Å²) in [7, 11) is 1.64. The number of carbonyl (C=O) groups excluding carboxylic acids is 1. The lowest BCUT2D eigenvalue weighted by Gasteiger charge is -2.17. The summed E-state index contributed by atoms with van der Waals surface area (Å²) in [5, 5.41) is 9.65. The predicted octanol–water partition coefficient (Wildman–Crippen LogP) is 4.64. The molecule has 4 rings (SSSR count). The molecule has 0 spiro atoms. The molecule has 190 valence electrons. The minimum absolute atomic E-state index is 0.219. The first-order valence-corrected chi connectivity index (χ1v) is 12.8. The van der Waals surface area contributed by atoms with Crippen molar-refractivity contribution in [2.45, 2.75) is 27.2 Å². The van der Waals surface area contributed by atoms with Crippen molar-refractivity contribution in [1.82, 2.24) is 19.9 Å². The maximum absolute atomic E-state index is 13.0. The Morgan fingerprint density at radius 3 is 2.28 bits per heavy atom. The average molecular weight is 511 g/mol. The van der Waals surface area contributed by atoms with E-state index in [0.717, 1.165) is 22.0 Å². The number of hydrogen-bond donors (Lipinski definition) is 1. The number of nitrogens with one attached hydrogen (secondary N) is 1. The Hall–Kier alpha value is -3.79. The van der Waals surface area contributed by atoms with Gasteiger partial charge in [-0.3, -0.25) is 4.79 Å². The van der Waals surface area contributed by atoms with Crippen LogP contribution in [0.1, 0.15) is 36.8 Å². The quantitative estimate of drug-likeness (QED) is 0.297. The van der Waals surface area contributed by atoms with Crippen LogP contribution in [0.2, 0.25) is 0 Å². The first kappa shape index (κ1) is 25.3. The molecule has 4 aromatic rings. The van der Waals surface area contributed by atoms with E-state index < -0.39 is 0 Å². The monoisotopic (exact) mass is 510 g/mol. The maximum atomic E-state index is 13.0. The molecule has 0 aliphatic rings.